The first-order valence-corrected chi connectivity index (χ1v) is 7.13. The van der Waals surface area contributed by atoms with Crippen LogP contribution in [0.4, 0.5) is 0 Å². The molecule has 6 heteroatoms. The molecule has 2 N–H and O–H groups in total. The maximum absolute atomic E-state index is 8.56. The van der Waals surface area contributed by atoms with Gasteiger partial charge in [-0.15, -0.1) is 0 Å². The predicted octanol–water partition coefficient (Wildman–Crippen LogP) is 1.04. The Bertz CT molecular complexity index is 251. The van der Waals surface area contributed by atoms with Gasteiger partial charge in [0.1, 0.15) is 0 Å². The van der Waals surface area contributed by atoms with Crippen LogP contribution in [-0.2, 0) is 18.9 Å². The van der Waals surface area contributed by atoms with E-state index in [9.17, 15) is 0 Å². The summed E-state index contributed by atoms with van der Waals surface area (Å²) < 4.78 is 21.4. The molecule has 0 spiro atoms. The Morgan fingerprint density at radius 1 is 0.800 bits per heavy atom. The molecule has 2 rings (SSSR count). The van der Waals surface area contributed by atoms with Gasteiger partial charge in [0.05, 0.1) is 25.4 Å². The maximum atomic E-state index is 8.56. The lowest BCUT2D eigenvalue weighted by Gasteiger charge is -2.16. The van der Waals surface area contributed by atoms with Gasteiger partial charge in [0, 0.05) is 13.2 Å². The van der Waals surface area contributed by atoms with Gasteiger partial charge in [-0.05, 0) is 40.5 Å². The molecule has 120 valence electrons. The summed E-state index contributed by atoms with van der Waals surface area (Å²) in [4.78, 5) is 0. The highest BCUT2D eigenvalue weighted by Crippen LogP contribution is 2.24. The average Bonchev–Trinajstić information content (AvgIpc) is 2.84. The van der Waals surface area contributed by atoms with Crippen LogP contribution in [0, 0.1) is 0 Å². The second-order valence-electron chi connectivity index (χ2n) is 5.93. The zero-order valence-corrected chi connectivity index (χ0v) is 12.9. The van der Waals surface area contributed by atoms with E-state index < -0.39 is 11.6 Å². The highest BCUT2D eigenvalue weighted by molar-refractivity contribution is 4.70. The average molecular weight is 292 g/mol. The summed E-state index contributed by atoms with van der Waals surface area (Å²) in [5, 5.41) is 17.1. The number of ether oxygens (including phenoxy) is 4. The molecule has 0 aliphatic carbocycles. The van der Waals surface area contributed by atoms with Crippen molar-refractivity contribution in [2.24, 2.45) is 0 Å². The molecular weight excluding hydrogens is 264 g/mol. The Balaban J connectivity index is 0.000000200. The molecular formula is C14H28O6. The highest BCUT2D eigenvalue weighted by Gasteiger charge is 2.32. The highest BCUT2D eigenvalue weighted by atomic mass is 16.7. The van der Waals surface area contributed by atoms with Gasteiger partial charge >= 0.3 is 0 Å². The molecule has 2 heterocycles. The van der Waals surface area contributed by atoms with E-state index in [4.69, 9.17) is 29.2 Å². The van der Waals surface area contributed by atoms with E-state index in [1.54, 1.807) is 0 Å². The SMILES string of the molecule is CC1(C)OCC(CCO)O1.CC1(C)OCC(CCO)O1. The second kappa shape index (κ2) is 7.68. The summed E-state index contributed by atoms with van der Waals surface area (Å²) >= 11 is 0. The van der Waals surface area contributed by atoms with Gasteiger partial charge in [-0.1, -0.05) is 0 Å². The summed E-state index contributed by atoms with van der Waals surface area (Å²) in [6, 6.07) is 0. The largest absolute Gasteiger partial charge is 0.396 e. The molecule has 2 saturated heterocycles. The van der Waals surface area contributed by atoms with Crippen molar-refractivity contribution >= 4 is 0 Å². The third kappa shape index (κ3) is 6.47. The first kappa shape index (κ1) is 17.8. The Kier molecular flexibility index (Phi) is 6.84. The summed E-state index contributed by atoms with van der Waals surface area (Å²) in [5.74, 6) is -0.889. The van der Waals surface area contributed by atoms with Crippen LogP contribution in [0.2, 0.25) is 0 Å². The van der Waals surface area contributed by atoms with Gasteiger partial charge in [-0.25, -0.2) is 0 Å². The molecule has 0 saturated carbocycles. The molecule has 20 heavy (non-hydrogen) atoms. The minimum absolute atomic E-state index is 0.0833. The fourth-order valence-corrected chi connectivity index (χ4v) is 2.10. The van der Waals surface area contributed by atoms with E-state index in [0.29, 0.717) is 26.1 Å². The molecule has 2 fully saturated rings. The van der Waals surface area contributed by atoms with Crippen LogP contribution in [-0.4, -0.2) is 60.4 Å². The van der Waals surface area contributed by atoms with Crippen molar-refractivity contribution in [3.05, 3.63) is 0 Å². The van der Waals surface area contributed by atoms with Crippen LogP contribution < -0.4 is 0 Å². The molecule has 6 nitrogen and oxygen atoms in total. The van der Waals surface area contributed by atoms with Crippen LogP contribution in [0.25, 0.3) is 0 Å². The molecule has 0 aromatic heterocycles. The van der Waals surface area contributed by atoms with E-state index in [2.05, 4.69) is 0 Å². The van der Waals surface area contributed by atoms with Gasteiger partial charge in [0.2, 0.25) is 0 Å². The molecule has 2 atom stereocenters. The van der Waals surface area contributed by atoms with Gasteiger partial charge in [-0.3, -0.25) is 0 Å². The van der Waals surface area contributed by atoms with Crippen molar-refractivity contribution in [1.82, 2.24) is 0 Å². The summed E-state index contributed by atoms with van der Waals surface area (Å²) in [5.41, 5.74) is 0. The van der Waals surface area contributed by atoms with Crippen molar-refractivity contribution in [2.45, 2.75) is 64.3 Å². The Morgan fingerprint density at radius 3 is 1.35 bits per heavy atom. The van der Waals surface area contributed by atoms with E-state index in [-0.39, 0.29) is 25.4 Å². The van der Waals surface area contributed by atoms with E-state index in [1.807, 2.05) is 27.7 Å². The molecule has 0 aromatic carbocycles. The van der Waals surface area contributed by atoms with E-state index >= 15 is 0 Å². The minimum Gasteiger partial charge on any atom is -0.396 e. The molecule has 0 bridgehead atoms. The van der Waals surface area contributed by atoms with Gasteiger partial charge < -0.3 is 29.2 Å². The van der Waals surface area contributed by atoms with Crippen LogP contribution in [0.15, 0.2) is 0 Å². The van der Waals surface area contributed by atoms with Crippen LogP contribution in [0.3, 0.4) is 0 Å². The second-order valence-corrected chi connectivity index (χ2v) is 5.93. The maximum Gasteiger partial charge on any atom is 0.163 e. The molecule has 0 aromatic rings. The van der Waals surface area contributed by atoms with E-state index in [0.717, 1.165) is 0 Å². The normalized spacial score (nSPS) is 30.9. The predicted molar refractivity (Wildman–Crippen MR) is 73.2 cm³/mol. The standard InChI is InChI=1S/2C7H14O3/c2*1-7(2)9-5-6(10-7)3-4-8/h2*6,8H,3-5H2,1-2H3. The number of hydrogen-bond donors (Lipinski definition) is 2. The lowest BCUT2D eigenvalue weighted by molar-refractivity contribution is -0.140. The summed E-state index contributed by atoms with van der Waals surface area (Å²) in [6.45, 7) is 9.07. The van der Waals surface area contributed by atoms with Gasteiger partial charge in [-0.2, -0.15) is 0 Å². The molecule has 2 aliphatic rings. The van der Waals surface area contributed by atoms with Gasteiger partial charge in [0.15, 0.2) is 11.6 Å². The molecule has 2 unspecified atom stereocenters. The van der Waals surface area contributed by atoms with Crippen LogP contribution >= 0.6 is 0 Å². The zero-order valence-electron chi connectivity index (χ0n) is 12.9. The first-order chi connectivity index (χ1) is 9.28. The van der Waals surface area contributed by atoms with Crippen molar-refractivity contribution < 1.29 is 29.2 Å². The fourth-order valence-electron chi connectivity index (χ4n) is 2.10. The van der Waals surface area contributed by atoms with Crippen molar-refractivity contribution in [3.8, 4) is 0 Å². The topological polar surface area (TPSA) is 77.4 Å². The molecule has 0 radical (unpaired) electrons. The van der Waals surface area contributed by atoms with Crippen molar-refractivity contribution in [3.63, 3.8) is 0 Å². The molecule has 0 amide bonds. The minimum atomic E-state index is -0.445. The smallest absolute Gasteiger partial charge is 0.163 e. The van der Waals surface area contributed by atoms with Crippen molar-refractivity contribution in [2.75, 3.05) is 26.4 Å². The lowest BCUT2D eigenvalue weighted by Crippen LogP contribution is -2.21. The first-order valence-electron chi connectivity index (χ1n) is 7.13. The third-order valence-corrected chi connectivity index (χ3v) is 3.04. The number of aliphatic hydroxyl groups excluding tert-OH is 2. The Hall–Kier alpha value is -0.240. The number of aliphatic hydroxyl groups is 2. The molecule has 2 aliphatic heterocycles. The fraction of sp³-hybridized carbons (Fsp3) is 1.00. The monoisotopic (exact) mass is 292 g/mol. The number of rotatable bonds is 4. The summed E-state index contributed by atoms with van der Waals surface area (Å²) in [7, 11) is 0. The van der Waals surface area contributed by atoms with Gasteiger partial charge in [0.25, 0.3) is 0 Å². The van der Waals surface area contributed by atoms with Crippen LogP contribution in [0.5, 0.6) is 0 Å². The quantitative estimate of drug-likeness (QED) is 0.806. The Morgan fingerprint density at radius 2 is 1.15 bits per heavy atom. The van der Waals surface area contributed by atoms with Crippen LogP contribution in [0.1, 0.15) is 40.5 Å². The Labute approximate surface area is 121 Å². The lowest BCUT2D eigenvalue weighted by atomic mass is 10.3. The zero-order chi connectivity index (χ0) is 15.2. The number of hydrogen-bond acceptors (Lipinski definition) is 6. The van der Waals surface area contributed by atoms with E-state index in [1.165, 1.54) is 0 Å². The van der Waals surface area contributed by atoms with Crippen molar-refractivity contribution in [1.29, 1.82) is 0 Å². The third-order valence-electron chi connectivity index (χ3n) is 3.04. The summed E-state index contributed by atoms with van der Waals surface area (Å²) in [6.07, 6.45) is 1.51.